The molecule has 0 spiro atoms. The van der Waals surface area contributed by atoms with Gasteiger partial charge in [-0.2, -0.15) is 5.26 Å². The molecule has 0 aliphatic heterocycles. The number of ether oxygens (including phenoxy) is 1. The lowest BCUT2D eigenvalue weighted by Crippen LogP contribution is -2.13. The zero-order valence-corrected chi connectivity index (χ0v) is 15.6. The van der Waals surface area contributed by atoms with Crippen molar-refractivity contribution in [3.05, 3.63) is 101 Å². The van der Waals surface area contributed by atoms with Crippen molar-refractivity contribution in [3.63, 3.8) is 0 Å². The fourth-order valence-corrected chi connectivity index (χ4v) is 2.55. The molecule has 0 aliphatic rings. The zero-order chi connectivity index (χ0) is 19.8. The lowest BCUT2D eigenvalue weighted by molar-refractivity contribution is -0.112. The number of benzene rings is 3. The van der Waals surface area contributed by atoms with Gasteiger partial charge in [0, 0.05) is 5.69 Å². The molecule has 0 heterocycles. The number of hydrogen-bond donors (Lipinski definition) is 1. The van der Waals surface area contributed by atoms with Crippen LogP contribution >= 0.6 is 0 Å². The smallest absolute Gasteiger partial charge is 0.266 e. The summed E-state index contributed by atoms with van der Waals surface area (Å²) in [6.45, 7) is 2.53. The summed E-state index contributed by atoms with van der Waals surface area (Å²) in [4.78, 5) is 12.3. The molecule has 3 rings (SSSR count). The van der Waals surface area contributed by atoms with E-state index in [4.69, 9.17) is 4.74 Å². The first kappa shape index (κ1) is 18.9. The van der Waals surface area contributed by atoms with Crippen molar-refractivity contribution in [2.24, 2.45) is 0 Å². The zero-order valence-electron chi connectivity index (χ0n) is 15.6. The molecule has 1 N–H and O–H groups in total. The van der Waals surface area contributed by atoms with Crippen molar-refractivity contribution in [2.45, 2.75) is 13.5 Å². The Hall–Kier alpha value is -3.84. The van der Waals surface area contributed by atoms with Crippen molar-refractivity contribution >= 4 is 17.7 Å². The third-order valence-electron chi connectivity index (χ3n) is 4.11. The second kappa shape index (κ2) is 9.20. The Morgan fingerprint density at radius 1 is 1.00 bits per heavy atom. The quantitative estimate of drug-likeness (QED) is 0.485. The molecule has 0 saturated carbocycles. The minimum absolute atomic E-state index is 0.0391. The number of anilines is 1. The number of amides is 1. The monoisotopic (exact) mass is 368 g/mol. The van der Waals surface area contributed by atoms with E-state index in [2.05, 4.69) is 17.4 Å². The van der Waals surface area contributed by atoms with Gasteiger partial charge >= 0.3 is 0 Å². The van der Waals surface area contributed by atoms with Crippen LogP contribution in [-0.2, 0) is 11.4 Å². The minimum Gasteiger partial charge on any atom is -0.489 e. The predicted molar refractivity (Wildman–Crippen MR) is 111 cm³/mol. The Morgan fingerprint density at radius 2 is 1.68 bits per heavy atom. The van der Waals surface area contributed by atoms with Gasteiger partial charge in [-0.25, -0.2) is 0 Å². The summed E-state index contributed by atoms with van der Waals surface area (Å²) in [5.41, 5.74) is 3.75. The van der Waals surface area contributed by atoms with Crippen LogP contribution in [0.15, 0.2) is 84.4 Å². The minimum atomic E-state index is -0.437. The number of rotatable bonds is 6. The standard InChI is InChI=1S/C24H20N2O2/c1-18-7-9-20(10-8-18)17-28-23-13-11-19(12-14-23)15-21(16-25)24(27)26-22-5-3-2-4-6-22/h2-15H,17H2,1H3,(H,26,27)/b21-15-. The Kier molecular flexibility index (Phi) is 6.22. The normalized spacial score (nSPS) is 10.8. The van der Waals surface area contributed by atoms with E-state index in [0.29, 0.717) is 12.3 Å². The summed E-state index contributed by atoms with van der Waals surface area (Å²) in [6, 6.07) is 26.5. The molecular formula is C24H20N2O2. The molecule has 0 aromatic heterocycles. The molecule has 3 aromatic carbocycles. The van der Waals surface area contributed by atoms with Gasteiger partial charge in [0.05, 0.1) is 0 Å². The molecule has 4 heteroatoms. The van der Waals surface area contributed by atoms with Crippen molar-refractivity contribution in [3.8, 4) is 11.8 Å². The largest absolute Gasteiger partial charge is 0.489 e. The molecule has 0 atom stereocenters. The summed E-state index contributed by atoms with van der Waals surface area (Å²) >= 11 is 0. The van der Waals surface area contributed by atoms with E-state index in [1.807, 2.05) is 67.6 Å². The Balaban J connectivity index is 1.63. The van der Waals surface area contributed by atoms with Gasteiger partial charge in [-0.05, 0) is 48.4 Å². The number of nitrogens with one attached hydrogen (secondary N) is 1. The Bertz CT molecular complexity index is 999. The number of carbonyl (C=O) groups excluding carboxylic acids is 1. The molecule has 0 unspecified atom stereocenters. The van der Waals surface area contributed by atoms with Crippen LogP contribution in [0.25, 0.3) is 6.08 Å². The first-order valence-electron chi connectivity index (χ1n) is 8.90. The van der Waals surface area contributed by atoms with Crippen molar-refractivity contribution in [1.82, 2.24) is 0 Å². The third kappa shape index (κ3) is 5.33. The fraction of sp³-hybridized carbons (Fsp3) is 0.0833. The van der Waals surface area contributed by atoms with E-state index >= 15 is 0 Å². The van der Waals surface area contributed by atoms with Gasteiger partial charge < -0.3 is 10.1 Å². The molecule has 0 radical (unpaired) electrons. The van der Waals surface area contributed by atoms with Gasteiger partial charge in [-0.15, -0.1) is 0 Å². The van der Waals surface area contributed by atoms with Crippen molar-refractivity contribution < 1.29 is 9.53 Å². The molecule has 1 amide bonds. The van der Waals surface area contributed by atoms with Crippen LogP contribution in [0, 0.1) is 18.3 Å². The molecule has 4 nitrogen and oxygen atoms in total. The molecule has 3 aromatic rings. The highest BCUT2D eigenvalue weighted by Crippen LogP contribution is 2.17. The number of carbonyl (C=O) groups is 1. The highest BCUT2D eigenvalue weighted by molar-refractivity contribution is 6.09. The molecule has 0 aliphatic carbocycles. The van der Waals surface area contributed by atoms with Gasteiger partial charge in [0.2, 0.25) is 0 Å². The number of nitriles is 1. The summed E-state index contributed by atoms with van der Waals surface area (Å²) in [6.07, 6.45) is 1.56. The lowest BCUT2D eigenvalue weighted by atomic mass is 10.1. The summed E-state index contributed by atoms with van der Waals surface area (Å²) in [5.74, 6) is 0.290. The van der Waals surface area contributed by atoms with E-state index < -0.39 is 5.91 Å². The van der Waals surface area contributed by atoms with Gasteiger partial charge in [-0.1, -0.05) is 60.2 Å². The van der Waals surface area contributed by atoms with Crippen LogP contribution in [0.5, 0.6) is 5.75 Å². The second-order valence-corrected chi connectivity index (χ2v) is 6.33. The average Bonchev–Trinajstić information content (AvgIpc) is 2.73. The lowest BCUT2D eigenvalue weighted by Gasteiger charge is -2.07. The first-order valence-corrected chi connectivity index (χ1v) is 8.90. The van der Waals surface area contributed by atoms with Crippen LogP contribution in [-0.4, -0.2) is 5.91 Å². The number of hydrogen-bond acceptors (Lipinski definition) is 3. The average molecular weight is 368 g/mol. The number of aryl methyl sites for hydroxylation is 1. The third-order valence-corrected chi connectivity index (χ3v) is 4.11. The molecular weight excluding hydrogens is 348 g/mol. The number of nitrogens with zero attached hydrogens (tertiary/aromatic N) is 1. The van der Waals surface area contributed by atoms with Gasteiger partial charge in [-0.3, -0.25) is 4.79 Å². The summed E-state index contributed by atoms with van der Waals surface area (Å²) in [7, 11) is 0. The van der Waals surface area contributed by atoms with Gasteiger partial charge in [0.15, 0.2) is 0 Å². The van der Waals surface area contributed by atoms with Crippen molar-refractivity contribution in [2.75, 3.05) is 5.32 Å². The predicted octanol–water partition coefficient (Wildman–Crippen LogP) is 5.12. The molecule has 138 valence electrons. The van der Waals surface area contributed by atoms with Crippen LogP contribution < -0.4 is 10.1 Å². The van der Waals surface area contributed by atoms with E-state index in [1.54, 1.807) is 18.2 Å². The maximum absolute atomic E-state index is 12.3. The molecule has 0 bridgehead atoms. The highest BCUT2D eigenvalue weighted by atomic mass is 16.5. The summed E-state index contributed by atoms with van der Waals surface area (Å²) < 4.78 is 5.78. The highest BCUT2D eigenvalue weighted by Gasteiger charge is 2.09. The SMILES string of the molecule is Cc1ccc(COc2ccc(/C=C(/C#N)C(=O)Nc3ccccc3)cc2)cc1. The second-order valence-electron chi connectivity index (χ2n) is 6.33. The van der Waals surface area contributed by atoms with E-state index in [9.17, 15) is 10.1 Å². The van der Waals surface area contributed by atoms with E-state index in [1.165, 1.54) is 5.56 Å². The fourth-order valence-electron chi connectivity index (χ4n) is 2.55. The van der Waals surface area contributed by atoms with Gasteiger partial charge in [0.25, 0.3) is 5.91 Å². The van der Waals surface area contributed by atoms with E-state index in [-0.39, 0.29) is 5.57 Å². The van der Waals surface area contributed by atoms with Crippen LogP contribution in [0.3, 0.4) is 0 Å². The van der Waals surface area contributed by atoms with Gasteiger partial charge in [0.1, 0.15) is 24.0 Å². The summed E-state index contributed by atoms with van der Waals surface area (Å²) in [5, 5.41) is 12.0. The first-order chi connectivity index (χ1) is 13.6. The maximum atomic E-state index is 12.3. The Labute approximate surface area is 164 Å². The molecule has 28 heavy (non-hydrogen) atoms. The van der Waals surface area contributed by atoms with Crippen molar-refractivity contribution in [1.29, 1.82) is 5.26 Å². The number of para-hydroxylation sites is 1. The Morgan fingerprint density at radius 3 is 2.32 bits per heavy atom. The van der Waals surface area contributed by atoms with Crippen LogP contribution in [0.1, 0.15) is 16.7 Å². The van der Waals surface area contributed by atoms with E-state index in [0.717, 1.165) is 16.9 Å². The van der Waals surface area contributed by atoms with Crippen LogP contribution in [0.4, 0.5) is 5.69 Å². The molecule has 0 fully saturated rings. The maximum Gasteiger partial charge on any atom is 0.266 e. The molecule has 0 saturated heterocycles. The van der Waals surface area contributed by atoms with Crippen LogP contribution in [0.2, 0.25) is 0 Å². The topological polar surface area (TPSA) is 62.1 Å².